The molecular weight excluding hydrogens is 535 g/mol. The smallest absolute Gasteiger partial charge is 0.395 e. The van der Waals surface area contributed by atoms with Gasteiger partial charge >= 0.3 is 6.29 Å². The second-order valence-corrected chi connectivity index (χ2v) is 10.2. The van der Waals surface area contributed by atoms with Gasteiger partial charge in [-0.3, -0.25) is 14.1 Å². The van der Waals surface area contributed by atoms with Gasteiger partial charge in [0.25, 0.3) is 5.91 Å². The Labute approximate surface area is 182 Å². The van der Waals surface area contributed by atoms with E-state index in [2.05, 4.69) is 37.0 Å². The Morgan fingerprint density at radius 3 is 2.63 bits per heavy atom. The van der Waals surface area contributed by atoms with Crippen molar-refractivity contribution >= 4 is 49.8 Å². The highest BCUT2D eigenvalue weighted by molar-refractivity contribution is 14.1. The number of sulfone groups is 1. The largest absolute Gasteiger partial charge is 0.586 e. The molecule has 8 nitrogen and oxygen atoms in total. The zero-order chi connectivity index (χ0) is 21.4. The standard InChI is InChI=1S/C18H12F2IN3O5S/c1-2-30(26,27)17-15(22-14-6-10(21)3-4-23(14)17)24-8-9-5-12-13(7-11(9)16(24)25)29-18(19,20)28-12/h3-7H,2,8H2,1H3. The number of ether oxygens (including phenoxy) is 2. The summed E-state index contributed by atoms with van der Waals surface area (Å²) in [4.78, 5) is 18.7. The summed E-state index contributed by atoms with van der Waals surface area (Å²) in [6.45, 7) is 1.47. The quantitative estimate of drug-likeness (QED) is 0.468. The molecule has 0 unspecified atom stereocenters. The lowest BCUT2D eigenvalue weighted by molar-refractivity contribution is -0.286. The van der Waals surface area contributed by atoms with Crippen molar-refractivity contribution in [2.24, 2.45) is 0 Å². The minimum absolute atomic E-state index is 0.00706. The minimum Gasteiger partial charge on any atom is -0.395 e. The second-order valence-electron chi connectivity index (χ2n) is 6.73. The molecule has 0 aliphatic carbocycles. The van der Waals surface area contributed by atoms with Crippen LogP contribution in [0.15, 0.2) is 35.5 Å². The van der Waals surface area contributed by atoms with Crippen LogP contribution in [0.25, 0.3) is 5.65 Å². The minimum atomic E-state index is -3.79. The lowest BCUT2D eigenvalue weighted by Gasteiger charge is -2.14. The average molecular weight is 547 g/mol. The normalized spacial score (nSPS) is 17.1. The zero-order valence-electron chi connectivity index (χ0n) is 15.2. The van der Waals surface area contributed by atoms with Gasteiger partial charge in [-0.05, 0) is 52.4 Å². The van der Waals surface area contributed by atoms with Gasteiger partial charge in [-0.15, -0.1) is 8.78 Å². The molecule has 156 valence electrons. The number of aromatic nitrogens is 2. The predicted octanol–water partition coefficient (Wildman–Crippen LogP) is 3.21. The molecular formula is C18H12F2IN3O5S. The molecule has 0 saturated carbocycles. The number of halogens is 3. The molecule has 0 bridgehead atoms. The number of carbonyl (C=O) groups excluding carboxylic acids is 1. The van der Waals surface area contributed by atoms with E-state index in [1.165, 1.54) is 28.4 Å². The Morgan fingerprint density at radius 1 is 1.23 bits per heavy atom. The molecule has 2 aliphatic heterocycles. The first-order valence-electron chi connectivity index (χ1n) is 8.74. The first-order chi connectivity index (χ1) is 14.1. The number of hydrogen-bond donors (Lipinski definition) is 0. The van der Waals surface area contributed by atoms with E-state index in [1.807, 2.05) is 0 Å². The molecule has 0 atom stereocenters. The number of hydrogen-bond acceptors (Lipinski definition) is 6. The Balaban J connectivity index is 1.65. The molecule has 12 heteroatoms. The number of benzene rings is 1. The first-order valence-corrected chi connectivity index (χ1v) is 11.5. The van der Waals surface area contributed by atoms with Gasteiger partial charge < -0.3 is 9.47 Å². The van der Waals surface area contributed by atoms with Crippen molar-refractivity contribution in [2.75, 3.05) is 10.7 Å². The number of fused-ring (bicyclic) bond motifs is 3. The number of rotatable bonds is 3. The number of imidazole rings is 1. The van der Waals surface area contributed by atoms with Crippen LogP contribution >= 0.6 is 22.6 Å². The van der Waals surface area contributed by atoms with Crippen LogP contribution in [0.1, 0.15) is 22.8 Å². The number of alkyl halides is 2. The van der Waals surface area contributed by atoms with Crippen molar-refractivity contribution < 1.29 is 31.5 Å². The van der Waals surface area contributed by atoms with Crippen LogP contribution in [0.2, 0.25) is 0 Å². The second kappa shape index (κ2) is 6.26. The summed E-state index contributed by atoms with van der Waals surface area (Å²) in [5, 5.41) is -0.0934. The highest BCUT2D eigenvalue weighted by Gasteiger charge is 2.45. The summed E-state index contributed by atoms with van der Waals surface area (Å²) in [5.41, 5.74) is 0.912. The van der Waals surface area contributed by atoms with Gasteiger partial charge in [0.05, 0.1) is 12.3 Å². The summed E-state index contributed by atoms with van der Waals surface area (Å²) in [6, 6.07) is 5.91. The fourth-order valence-electron chi connectivity index (χ4n) is 3.51. The fourth-order valence-corrected chi connectivity index (χ4v) is 5.11. The third kappa shape index (κ3) is 2.84. The first kappa shape index (κ1) is 19.5. The van der Waals surface area contributed by atoms with Crippen molar-refractivity contribution in [1.82, 2.24) is 9.38 Å². The molecule has 30 heavy (non-hydrogen) atoms. The van der Waals surface area contributed by atoms with E-state index in [0.29, 0.717) is 11.2 Å². The van der Waals surface area contributed by atoms with Gasteiger partial charge in [0.1, 0.15) is 5.65 Å². The molecule has 0 saturated heterocycles. The van der Waals surface area contributed by atoms with Crippen molar-refractivity contribution in [3.8, 4) is 11.5 Å². The van der Waals surface area contributed by atoms with Gasteiger partial charge in [-0.25, -0.2) is 13.4 Å². The van der Waals surface area contributed by atoms with Gasteiger partial charge in [0, 0.05) is 15.3 Å². The third-order valence-corrected chi connectivity index (χ3v) is 7.29. The van der Waals surface area contributed by atoms with Crippen LogP contribution < -0.4 is 14.4 Å². The fraction of sp³-hybridized carbons (Fsp3) is 0.222. The predicted molar refractivity (Wildman–Crippen MR) is 109 cm³/mol. The van der Waals surface area contributed by atoms with Crippen LogP contribution in [0.5, 0.6) is 11.5 Å². The zero-order valence-corrected chi connectivity index (χ0v) is 18.2. The van der Waals surface area contributed by atoms with Crippen molar-refractivity contribution in [2.45, 2.75) is 24.8 Å². The van der Waals surface area contributed by atoms with E-state index in [9.17, 15) is 22.0 Å². The van der Waals surface area contributed by atoms with E-state index in [1.54, 1.807) is 18.3 Å². The lowest BCUT2D eigenvalue weighted by Crippen LogP contribution is -2.26. The molecule has 0 N–H and O–H groups in total. The van der Waals surface area contributed by atoms with Crippen LogP contribution in [0.3, 0.4) is 0 Å². The van der Waals surface area contributed by atoms with Crippen molar-refractivity contribution in [1.29, 1.82) is 0 Å². The number of anilines is 1. The molecule has 1 aromatic carbocycles. The molecule has 1 amide bonds. The van der Waals surface area contributed by atoms with E-state index < -0.39 is 22.0 Å². The molecule has 3 aromatic rings. The maximum atomic E-state index is 13.3. The maximum absolute atomic E-state index is 13.3. The lowest BCUT2D eigenvalue weighted by atomic mass is 10.1. The van der Waals surface area contributed by atoms with Crippen molar-refractivity contribution in [3.05, 3.63) is 45.2 Å². The van der Waals surface area contributed by atoms with Gasteiger partial charge in [0.15, 0.2) is 32.2 Å². The molecule has 0 fully saturated rings. The maximum Gasteiger partial charge on any atom is 0.586 e. The highest BCUT2D eigenvalue weighted by Crippen LogP contribution is 2.45. The van der Waals surface area contributed by atoms with Crippen LogP contribution in [0, 0.1) is 3.57 Å². The van der Waals surface area contributed by atoms with E-state index in [-0.39, 0.29) is 40.2 Å². The summed E-state index contributed by atoms with van der Waals surface area (Å²) in [5.74, 6) is -1.18. The molecule has 2 aromatic heterocycles. The SMILES string of the molecule is CCS(=O)(=O)c1c(N2Cc3cc4c(cc3C2=O)OC(F)(F)O4)nc2cc(I)ccn12. The average Bonchev–Trinajstić information content (AvgIpc) is 3.29. The number of carbonyl (C=O) groups is 1. The van der Waals surface area contributed by atoms with E-state index in [0.717, 1.165) is 3.57 Å². The number of amides is 1. The van der Waals surface area contributed by atoms with E-state index >= 15 is 0 Å². The topological polar surface area (TPSA) is 90.2 Å². The van der Waals surface area contributed by atoms with Crippen molar-refractivity contribution in [3.63, 3.8) is 0 Å². The van der Waals surface area contributed by atoms with Crippen LogP contribution in [-0.4, -0.2) is 35.8 Å². The van der Waals surface area contributed by atoms with Gasteiger partial charge in [-0.1, -0.05) is 6.92 Å². The number of pyridine rings is 1. The molecule has 0 radical (unpaired) electrons. The third-order valence-electron chi connectivity index (χ3n) is 4.89. The van der Waals surface area contributed by atoms with Crippen LogP contribution in [0.4, 0.5) is 14.6 Å². The summed E-state index contributed by atoms with van der Waals surface area (Å²) >= 11 is 2.08. The van der Waals surface area contributed by atoms with E-state index in [4.69, 9.17) is 0 Å². The summed E-state index contributed by atoms with van der Waals surface area (Å²) in [7, 11) is -3.74. The Hall–Kier alpha value is -2.48. The number of nitrogens with zero attached hydrogens (tertiary/aromatic N) is 3. The van der Waals surface area contributed by atoms with Gasteiger partial charge in [0.2, 0.25) is 0 Å². The van der Waals surface area contributed by atoms with Crippen LogP contribution in [-0.2, 0) is 16.4 Å². The molecule has 0 spiro atoms. The van der Waals surface area contributed by atoms with Gasteiger partial charge in [-0.2, -0.15) is 0 Å². The summed E-state index contributed by atoms with van der Waals surface area (Å²) in [6.07, 6.45) is -2.20. The Kier molecular flexibility index (Phi) is 4.07. The molecule has 5 rings (SSSR count). The monoisotopic (exact) mass is 547 g/mol. The Bertz CT molecular complexity index is 1360. The molecule has 4 heterocycles. The summed E-state index contributed by atoms with van der Waals surface area (Å²) < 4.78 is 63.4. The molecule has 2 aliphatic rings. The highest BCUT2D eigenvalue weighted by atomic mass is 127. The Morgan fingerprint density at radius 2 is 1.93 bits per heavy atom.